The summed E-state index contributed by atoms with van der Waals surface area (Å²) in [6.45, 7) is 3.17. The van der Waals surface area contributed by atoms with E-state index in [1.54, 1.807) is 141 Å². The second-order valence-corrected chi connectivity index (χ2v) is 14.4. The molecule has 0 spiro atoms. The van der Waals surface area contributed by atoms with Crippen molar-refractivity contribution in [2.75, 3.05) is 7.11 Å². The largest absolute Gasteiger partial charge is 0.452 e. The summed E-state index contributed by atoms with van der Waals surface area (Å²) < 4.78 is 55.5. The Labute approximate surface area is 357 Å². The number of hydrogen-bond donors (Lipinski definition) is 0. The number of rotatable bonds is 13. The zero-order chi connectivity index (χ0) is 43.6. The van der Waals surface area contributed by atoms with Gasteiger partial charge in [-0.25, -0.2) is 24.0 Å². The minimum absolute atomic E-state index is 0.128. The molecule has 0 bridgehead atoms. The van der Waals surface area contributed by atoms with Gasteiger partial charge in [-0.1, -0.05) is 91.0 Å². The Morgan fingerprint density at radius 3 is 0.919 bits per heavy atom. The molecule has 10 atom stereocenters. The van der Waals surface area contributed by atoms with Crippen molar-refractivity contribution in [2.24, 2.45) is 0 Å². The summed E-state index contributed by atoms with van der Waals surface area (Å²) >= 11 is 0. The van der Waals surface area contributed by atoms with Gasteiger partial charge in [0.05, 0.1) is 40.0 Å². The van der Waals surface area contributed by atoms with E-state index in [-0.39, 0.29) is 27.8 Å². The van der Waals surface area contributed by atoms with E-state index in [1.165, 1.54) is 31.4 Å². The van der Waals surface area contributed by atoms with E-state index in [9.17, 15) is 24.0 Å². The fourth-order valence-corrected chi connectivity index (χ4v) is 7.09. The minimum atomic E-state index is -1.67. The first-order valence-corrected chi connectivity index (χ1v) is 19.9. The Bertz CT molecular complexity index is 2280. The van der Waals surface area contributed by atoms with Crippen LogP contribution < -0.4 is 0 Å². The van der Waals surface area contributed by atoms with Crippen molar-refractivity contribution in [3.63, 3.8) is 0 Å². The maximum atomic E-state index is 14.0. The highest BCUT2D eigenvalue weighted by Gasteiger charge is 2.56. The molecule has 0 radical (unpaired) electrons. The molecule has 0 aliphatic carbocycles. The van der Waals surface area contributed by atoms with Crippen molar-refractivity contribution >= 4 is 29.8 Å². The Hall–Kier alpha value is -6.71. The molecular weight excluding hydrogens is 801 g/mol. The van der Waals surface area contributed by atoms with Crippen LogP contribution in [0, 0.1) is 0 Å². The number of carbonyl (C=O) groups is 5. The molecule has 62 heavy (non-hydrogen) atoms. The smallest absolute Gasteiger partial charge is 0.338 e. The molecule has 7 rings (SSSR count). The van der Waals surface area contributed by atoms with Crippen LogP contribution in [0.25, 0.3) is 0 Å². The second kappa shape index (κ2) is 20.2. The van der Waals surface area contributed by atoms with Crippen molar-refractivity contribution in [2.45, 2.75) is 75.3 Å². The molecule has 2 heterocycles. The average Bonchev–Trinajstić information content (AvgIpc) is 3.31. The number of ether oxygens (including phenoxy) is 9. The second-order valence-electron chi connectivity index (χ2n) is 14.4. The van der Waals surface area contributed by atoms with Gasteiger partial charge in [-0.15, -0.1) is 0 Å². The fraction of sp³-hybridized carbons (Fsp3) is 0.271. The molecule has 320 valence electrons. The Kier molecular flexibility index (Phi) is 14.2. The summed E-state index contributed by atoms with van der Waals surface area (Å²) in [7, 11) is 1.33. The van der Waals surface area contributed by atoms with E-state index in [2.05, 4.69) is 0 Å². The summed E-state index contributed by atoms with van der Waals surface area (Å²) in [5.74, 6) is -4.01. The van der Waals surface area contributed by atoms with E-state index >= 15 is 0 Å². The third kappa shape index (κ3) is 10.2. The van der Waals surface area contributed by atoms with Crippen LogP contribution in [0.5, 0.6) is 0 Å². The standard InChI is InChI=1S/C48H44O14/c1-29-36(57-42(49)31-19-9-4-10-20-31)38(59-44(51)33-23-13-6-14-24-33)40(47(54-3)55-29)62-48-41(61-46(53)35-27-17-8-18-28-35)39(60-45(52)34-25-15-7-16-26-34)37(30(2)56-48)58-43(50)32-21-11-5-12-22-32/h4-30,36-41,47-48H,1-3H3/t29-,30-,36-,37-,38+,39+,40+,41+,47+,48-/m0/s1. The molecule has 14 nitrogen and oxygen atoms in total. The summed E-state index contributed by atoms with van der Waals surface area (Å²) in [6.07, 6.45) is -13.9. The summed E-state index contributed by atoms with van der Waals surface area (Å²) in [5, 5.41) is 0. The van der Waals surface area contributed by atoms with Crippen LogP contribution >= 0.6 is 0 Å². The average molecular weight is 845 g/mol. The Morgan fingerprint density at radius 2 is 0.613 bits per heavy atom. The van der Waals surface area contributed by atoms with Gasteiger partial charge in [0.15, 0.2) is 49.2 Å². The number of benzene rings is 5. The topological polar surface area (TPSA) is 168 Å². The number of esters is 5. The van der Waals surface area contributed by atoms with Gasteiger partial charge < -0.3 is 42.6 Å². The molecule has 0 N–H and O–H groups in total. The van der Waals surface area contributed by atoms with Gasteiger partial charge in [0, 0.05) is 7.11 Å². The summed E-state index contributed by atoms with van der Waals surface area (Å²) in [5.41, 5.74) is 0.870. The monoisotopic (exact) mass is 844 g/mol. The third-order valence-electron chi connectivity index (χ3n) is 10.2. The van der Waals surface area contributed by atoms with Crippen molar-refractivity contribution < 1.29 is 66.6 Å². The lowest BCUT2D eigenvalue weighted by molar-refractivity contribution is -0.356. The van der Waals surface area contributed by atoms with E-state index in [0.717, 1.165) is 0 Å². The van der Waals surface area contributed by atoms with Crippen molar-refractivity contribution in [3.8, 4) is 0 Å². The molecule has 2 saturated heterocycles. The van der Waals surface area contributed by atoms with Gasteiger partial charge in [-0.2, -0.15) is 0 Å². The third-order valence-corrected chi connectivity index (χ3v) is 10.2. The number of methoxy groups -OCH3 is 1. The van der Waals surface area contributed by atoms with Crippen LogP contribution in [-0.4, -0.2) is 98.4 Å². The van der Waals surface area contributed by atoms with Crippen LogP contribution in [0.15, 0.2) is 152 Å². The van der Waals surface area contributed by atoms with Gasteiger partial charge in [0.1, 0.15) is 0 Å². The highest BCUT2D eigenvalue weighted by atomic mass is 16.8. The van der Waals surface area contributed by atoms with Gasteiger partial charge in [-0.05, 0) is 74.5 Å². The molecule has 0 saturated carbocycles. The fourth-order valence-electron chi connectivity index (χ4n) is 7.09. The van der Waals surface area contributed by atoms with Crippen LogP contribution in [-0.2, 0) is 42.6 Å². The van der Waals surface area contributed by atoms with Crippen LogP contribution in [0.1, 0.15) is 65.6 Å². The van der Waals surface area contributed by atoms with Crippen molar-refractivity contribution in [3.05, 3.63) is 179 Å². The van der Waals surface area contributed by atoms with Crippen LogP contribution in [0.2, 0.25) is 0 Å². The lowest BCUT2D eigenvalue weighted by atomic mass is 9.96. The molecule has 2 aliphatic heterocycles. The zero-order valence-corrected chi connectivity index (χ0v) is 33.9. The van der Waals surface area contributed by atoms with E-state index in [4.69, 9.17) is 42.6 Å². The summed E-state index contributed by atoms with van der Waals surface area (Å²) in [4.78, 5) is 68.9. The van der Waals surface area contributed by atoms with E-state index in [1.807, 2.05) is 0 Å². The minimum Gasteiger partial charge on any atom is -0.452 e. The van der Waals surface area contributed by atoms with Gasteiger partial charge >= 0.3 is 29.8 Å². The molecule has 0 amide bonds. The molecule has 0 unspecified atom stereocenters. The number of hydrogen-bond acceptors (Lipinski definition) is 14. The van der Waals surface area contributed by atoms with Crippen molar-refractivity contribution in [1.29, 1.82) is 0 Å². The molecule has 2 fully saturated rings. The predicted molar refractivity (Wildman–Crippen MR) is 219 cm³/mol. The molecule has 0 aromatic heterocycles. The molecule has 2 aliphatic rings. The van der Waals surface area contributed by atoms with Gasteiger partial charge in [0.2, 0.25) is 0 Å². The predicted octanol–water partition coefficient (Wildman–Crippen LogP) is 6.64. The van der Waals surface area contributed by atoms with Gasteiger partial charge in [0.25, 0.3) is 0 Å². The van der Waals surface area contributed by atoms with Crippen LogP contribution in [0.4, 0.5) is 0 Å². The molecule has 5 aromatic rings. The lowest BCUT2D eigenvalue weighted by Gasteiger charge is -2.48. The molecule has 5 aromatic carbocycles. The van der Waals surface area contributed by atoms with E-state index < -0.39 is 91.3 Å². The first-order chi connectivity index (χ1) is 30.1. The highest BCUT2D eigenvalue weighted by Crippen LogP contribution is 2.36. The normalized spacial score (nSPS) is 25.7. The highest BCUT2D eigenvalue weighted by molar-refractivity contribution is 5.92. The SMILES string of the molecule is CO[C@@H]1O[C@@H](C)[C@H](OC(=O)c2ccccc2)[C@@H](OC(=O)c2ccccc2)[C@H]1O[C@@H]1O[C@@H](C)[C@H](OC(=O)c2ccccc2)[C@@H](OC(=O)c2ccccc2)[C@H]1OC(=O)c1ccccc1. The van der Waals surface area contributed by atoms with E-state index in [0.29, 0.717) is 0 Å². The quantitative estimate of drug-likeness (QED) is 0.0914. The summed E-state index contributed by atoms with van der Waals surface area (Å²) in [6, 6.07) is 40.6. The zero-order valence-electron chi connectivity index (χ0n) is 33.9. The van der Waals surface area contributed by atoms with Crippen LogP contribution in [0.3, 0.4) is 0 Å². The Morgan fingerprint density at radius 1 is 0.355 bits per heavy atom. The molecule has 14 heteroatoms. The first-order valence-electron chi connectivity index (χ1n) is 19.9. The lowest BCUT2D eigenvalue weighted by Crippen LogP contribution is -2.66. The van der Waals surface area contributed by atoms with Crippen molar-refractivity contribution in [1.82, 2.24) is 0 Å². The maximum Gasteiger partial charge on any atom is 0.338 e. The molecular formula is C48H44O14. The Balaban J connectivity index is 1.29. The maximum absolute atomic E-state index is 14.0. The van der Waals surface area contributed by atoms with Gasteiger partial charge in [-0.3, -0.25) is 0 Å². The first kappa shape index (κ1) is 43.4. The number of carbonyl (C=O) groups excluding carboxylic acids is 5.